The summed E-state index contributed by atoms with van der Waals surface area (Å²) >= 11 is 3.18. The molecule has 2 aromatic carbocycles. The van der Waals surface area contributed by atoms with Crippen LogP contribution in [0.2, 0.25) is 0 Å². The molecule has 2 aromatic rings. The fraction of sp³-hybridized carbons (Fsp3) is 0. The molecule has 0 aliphatic carbocycles. The summed E-state index contributed by atoms with van der Waals surface area (Å²) < 4.78 is 0.607. The van der Waals surface area contributed by atoms with Crippen LogP contribution in [0.25, 0.3) is 0 Å². The average molecular weight is 352 g/mol. The van der Waals surface area contributed by atoms with E-state index in [9.17, 15) is 19.8 Å². The Morgan fingerprint density at radius 3 is 2.33 bits per heavy atom. The predicted octanol–water partition coefficient (Wildman–Crippen LogP) is 2.81. The van der Waals surface area contributed by atoms with Gasteiger partial charge >= 0.3 is 5.97 Å². The van der Waals surface area contributed by atoms with Crippen LogP contribution in [0.5, 0.6) is 11.5 Å². The third kappa shape index (κ3) is 3.32. The molecule has 0 aliphatic heterocycles. The smallest absolute Gasteiger partial charge is 0.335 e. The zero-order valence-corrected chi connectivity index (χ0v) is 12.1. The summed E-state index contributed by atoms with van der Waals surface area (Å²) in [4.78, 5) is 22.8. The SMILES string of the molecule is O=C(O)c1ccc(NC(=O)c2cc(Br)ccc2O)c(O)c1. The van der Waals surface area contributed by atoms with Crippen LogP contribution in [0.15, 0.2) is 40.9 Å². The molecule has 4 N–H and O–H groups in total. The standard InChI is InChI=1S/C14H10BrNO5/c15-8-2-4-11(17)9(6-8)13(19)16-10-3-1-7(14(20)21)5-12(10)18/h1-6,17-18H,(H,16,19)(H,20,21). The van der Waals surface area contributed by atoms with E-state index in [1.807, 2.05) is 0 Å². The highest BCUT2D eigenvalue weighted by Gasteiger charge is 2.14. The molecule has 0 aromatic heterocycles. The number of carbonyl (C=O) groups excluding carboxylic acids is 1. The van der Waals surface area contributed by atoms with Gasteiger partial charge in [-0.3, -0.25) is 4.79 Å². The molecule has 0 radical (unpaired) electrons. The van der Waals surface area contributed by atoms with Gasteiger partial charge in [-0.15, -0.1) is 0 Å². The number of aromatic hydroxyl groups is 2. The van der Waals surface area contributed by atoms with Gasteiger partial charge in [-0.05, 0) is 36.4 Å². The summed E-state index contributed by atoms with van der Waals surface area (Å²) in [5, 5.41) is 30.5. The lowest BCUT2D eigenvalue weighted by Gasteiger charge is -2.09. The highest BCUT2D eigenvalue weighted by atomic mass is 79.9. The van der Waals surface area contributed by atoms with Gasteiger partial charge in [0.15, 0.2) is 0 Å². The molecule has 0 unspecified atom stereocenters. The lowest BCUT2D eigenvalue weighted by atomic mass is 10.1. The number of anilines is 1. The van der Waals surface area contributed by atoms with E-state index in [1.165, 1.54) is 24.3 Å². The van der Waals surface area contributed by atoms with Crippen LogP contribution in [-0.4, -0.2) is 27.2 Å². The minimum absolute atomic E-state index is 0.0195. The van der Waals surface area contributed by atoms with Crippen molar-refractivity contribution >= 4 is 33.5 Å². The minimum Gasteiger partial charge on any atom is -0.507 e. The molecule has 0 bridgehead atoms. The number of hydrogen-bond donors (Lipinski definition) is 4. The third-order valence-electron chi connectivity index (χ3n) is 2.70. The van der Waals surface area contributed by atoms with Crippen molar-refractivity contribution in [3.8, 4) is 11.5 Å². The van der Waals surface area contributed by atoms with E-state index < -0.39 is 11.9 Å². The number of carbonyl (C=O) groups is 2. The fourth-order valence-electron chi connectivity index (χ4n) is 1.65. The Morgan fingerprint density at radius 2 is 1.71 bits per heavy atom. The van der Waals surface area contributed by atoms with Gasteiger partial charge in [-0.25, -0.2) is 4.79 Å². The van der Waals surface area contributed by atoms with Crippen LogP contribution in [0.1, 0.15) is 20.7 Å². The van der Waals surface area contributed by atoms with Gasteiger partial charge < -0.3 is 20.6 Å². The number of aromatic carboxylic acids is 1. The molecule has 6 nitrogen and oxygen atoms in total. The van der Waals surface area contributed by atoms with E-state index in [0.717, 1.165) is 6.07 Å². The monoisotopic (exact) mass is 351 g/mol. The molecule has 0 heterocycles. The molecule has 0 saturated heterocycles. The Bertz CT molecular complexity index is 729. The van der Waals surface area contributed by atoms with Crippen LogP contribution in [0, 0.1) is 0 Å². The fourth-order valence-corrected chi connectivity index (χ4v) is 2.01. The van der Waals surface area contributed by atoms with Crippen molar-refractivity contribution in [3.05, 3.63) is 52.0 Å². The quantitative estimate of drug-likeness (QED) is 0.636. The second-order valence-electron chi connectivity index (χ2n) is 4.15. The molecular formula is C14H10BrNO5. The number of carboxylic acids is 1. The number of carboxylic acid groups (broad SMARTS) is 1. The van der Waals surface area contributed by atoms with Gasteiger partial charge in [-0.1, -0.05) is 15.9 Å². The van der Waals surface area contributed by atoms with Crippen molar-refractivity contribution < 1.29 is 24.9 Å². The largest absolute Gasteiger partial charge is 0.507 e. The van der Waals surface area contributed by atoms with Gasteiger partial charge in [0.2, 0.25) is 0 Å². The summed E-state index contributed by atoms with van der Waals surface area (Å²) in [6.45, 7) is 0. The van der Waals surface area contributed by atoms with Gasteiger partial charge in [0.05, 0.1) is 16.8 Å². The predicted molar refractivity (Wildman–Crippen MR) is 78.8 cm³/mol. The van der Waals surface area contributed by atoms with E-state index in [0.29, 0.717) is 4.47 Å². The summed E-state index contributed by atoms with van der Waals surface area (Å²) in [5.41, 5.74) is -0.0359. The Kier molecular flexibility index (Phi) is 4.13. The number of phenols is 2. The molecule has 0 atom stereocenters. The molecule has 0 aliphatic rings. The zero-order valence-electron chi connectivity index (χ0n) is 10.5. The molecule has 108 valence electrons. The lowest BCUT2D eigenvalue weighted by Crippen LogP contribution is -2.12. The number of hydrogen-bond acceptors (Lipinski definition) is 4. The highest BCUT2D eigenvalue weighted by molar-refractivity contribution is 9.10. The van der Waals surface area contributed by atoms with Crippen LogP contribution in [-0.2, 0) is 0 Å². The van der Waals surface area contributed by atoms with Crippen LogP contribution >= 0.6 is 15.9 Å². The van der Waals surface area contributed by atoms with Crippen molar-refractivity contribution in [2.45, 2.75) is 0 Å². The molecule has 0 fully saturated rings. The Hall–Kier alpha value is -2.54. The van der Waals surface area contributed by atoms with Crippen molar-refractivity contribution in [1.29, 1.82) is 0 Å². The van der Waals surface area contributed by atoms with Gasteiger partial charge in [0.1, 0.15) is 11.5 Å². The summed E-state index contributed by atoms with van der Waals surface area (Å²) in [6, 6.07) is 7.90. The van der Waals surface area contributed by atoms with Gasteiger partial charge in [0.25, 0.3) is 5.91 Å². The Balaban J connectivity index is 2.27. The van der Waals surface area contributed by atoms with Crippen LogP contribution in [0.3, 0.4) is 0 Å². The number of benzene rings is 2. The number of halogens is 1. The molecule has 21 heavy (non-hydrogen) atoms. The van der Waals surface area contributed by atoms with Crippen molar-refractivity contribution in [2.24, 2.45) is 0 Å². The number of amides is 1. The van der Waals surface area contributed by atoms with E-state index in [1.54, 1.807) is 6.07 Å². The third-order valence-corrected chi connectivity index (χ3v) is 3.19. The Labute approximate surface area is 127 Å². The van der Waals surface area contributed by atoms with Gasteiger partial charge in [0, 0.05) is 4.47 Å². The molecule has 0 saturated carbocycles. The van der Waals surface area contributed by atoms with Crippen LogP contribution < -0.4 is 5.32 Å². The first kappa shape index (κ1) is 14.9. The summed E-state index contributed by atoms with van der Waals surface area (Å²) in [7, 11) is 0. The highest BCUT2D eigenvalue weighted by Crippen LogP contribution is 2.27. The molecule has 2 rings (SSSR count). The number of phenolic OH excluding ortho intramolecular Hbond substituents is 2. The van der Waals surface area contributed by atoms with E-state index in [2.05, 4.69) is 21.2 Å². The maximum absolute atomic E-state index is 12.0. The second kappa shape index (κ2) is 5.84. The van der Waals surface area contributed by atoms with E-state index in [4.69, 9.17) is 5.11 Å². The first-order chi connectivity index (χ1) is 9.88. The maximum Gasteiger partial charge on any atom is 0.335 e. The normalized spacial score (nSPS) is 10.1. The van der Waals surface area contributed by atoms with Crippen molar-refractivity contribution in [1.82, 2.24) is 0 Å². The van der Waals surface area contributed by atoms with Crippen molar-refractivity contribution in [2.75, 3.05) is 5.32 Å². The average Bonchev–Trinajstić information content (AvgIpc) is 2.43. The minimum atomic E-state index is -1.19. The van der Waals surface area contributed by atoms with Crippen molar-refractivity contribution in [3.63, 3.8) is 0 Å². The van der Waals surface area contributed by atoms with Crippen LogP contribution in [0.4, 0.5) is 5.69 Å². The zero-order chi connectivity index (χ0) is 15.6. The maximum atomic E-state index is 12.0. The second-order valence-corrected chi connectivity index (χ2v) is 5.07. The summed E-state index contributed by atoms with van der Waals surface area (Å²) in [6.07, 6.45) is 0. The van der Waals surface area contributed by atoms with E-state index in [-0.39, 0.29) is 28.3 Å². The first-order valence-electron chi connectivity index (χ1n) is 5.74. The Morgan fingerprint density at radius 1 is 1.00 bits per heavy atom. The first-order valence-corrected chi connectivity index (χ1v) is 6.54. The summed E-state index contributed by atoms with van der Waals surface area (Å²) in [5.74, 6) is -2.41. The topological polar surface area (TPSA) is 107 Å². The molecular weight excluding hydrogens is 342 g/mol. The number of rotatable bonds is 3. The number of nitrogens with one attached hydrogen (secondary N) is 1. The van der Waals surface area contributed by atoms with E-state index >= 15 is 0 Å². The molecule has 1 amide bonds. The lowest BCUT2D eigenvalue weighted by molar-refractivity contribution is 0.0696. The molecule has 0 spiro atoms. The molecule has 7 heteroatoms. The van der Waals surface area contributed by atoms with Gasteiger partial charge in [-0.2, -0.15) is 0 Å².